The highest BCUT2D eigenvalue weighted by Gasteiger charge is 2.29. The number of thiophene rings is 1. The molecule has 0 aliphatic rings. The molecular formula is C7H10Cl2F2N2O2S2. The molecule has 0 saturated carbocycles. The standard InChI is InChI=1S/C7H9ClF2N2O2S2.ClH/c8-5-1-2-6(15-5)16(13,14)12-4-7(9,10)3-11;/h1-2,12H,3-4,11H2;1H. The number of nitrogens with one attached hydrogen (secondary N) is 1. The van der Waals surface area contributed by atoms with Gasteiger partial charge >= 0.3 is 0 Å². The molecule has 100 valence electrons. The molecule has 0 fully saturated rings. The Morgan fingerprint density at radius 2 is 2.06 bits per heavy atom. The van der Waals surface area contributed by atoms with Crippen LogP contribution in [0.5, 0.6) is 0 Å². The highest BCUT2D eigenvalue weighted by atomic mass is 35.5. The second-order valence-electron chi connectivity index (χ2n) is 2.94. The third kappa shape index (κ3) is 5.02. The SMILES string of the molecule is Cl.NCC(F)(F)CNS(=O)(=O)c1ccc(Cl)s1. The van der Waals surface area contributed by atoms with E-state index in [1.54, 1.807) is 4.72 Å². The molecule has 0 amide bonds. The highest BCUT2D eigenvalue weighted by molar-refractivity contribution is 7.91. The van der Waals surface area contributed by atoms with Crippen molar-refractivity contribution in [1.29, 1.82) is 0 Å². The van der Waals surface area contributed by atoms with Crippen molar-refractivity contribution in [3.05, 3.63) is 16.5 Å². The largest absolute Gasteiger partial charge is 0.325 e. The van der Waals surface area contributed by atoms with E-state index in [0.717, 1.165) is 11.3 Å². The first-order valence-electron chi connectivity index (χ1n) is 4.10. The lowest BCUT2D eigenvalue weighted by Crippen LogP contribution is -2.41. The summed E-state index contributed by atoms with van der Waals surface area (Å²) in [5.41, 5.74) is 4.78. The number of hydrogen-bond donors (Lipinski definition) is 2. The van der Waals surface area contributed by atoms with Crippen molar-refractivity contribution < 1.29 is 17.2 Å². The zero-order valence-electron chi connectivity index (χ0n) is 8.32. The Hall–Kier alpha value is 0.01000. The fourth-order valence-electron chi connectivity index (χ4n) is 0.786. The molecule has 0 aliphatic heterocycles. The summed E-state index contributed by atoms with van der Waals surface area (Å²) in [6.45, 7) is -1.94. The van der Waals surface area contributed by atoms with Crippen LogP contribution in [0, 0.1) is 0 Å². The van der Waals surface area contributed by atoms with Gasteiger partial charge in [-0.05, 0) is 12.1 Å². The quantitative estimate of drug-likeness (QED) is 0.865. The van der Waals surface area contributed by atoms with Crippen LogP contribution in [0.25, 0.3) is 0 Å². The number of sulfonamides is 1. The molecule has 0 bridgehead atoms. The van der Waals surface area contributed by atoms with Crippen LogP contribution in [0.15, 0.2) is 16.3 Å². The zero-order chi connectivity index (χ0) is 12.4. The summed E-state index contributed by atoms with van der Waals surface area (Å²) in [5.74, 6) is -3.26. The van der Waals surface area contributed by atoms with Crippen molar-refractivity contribution in [2.75, 3.05) is 13.1 Å². The Kier molecular flexibility index (Phi) is 6.26. The van der Waals surface area contributed by atoms with E-state index in [9.17, 15) is 17.2 Å². The van der Waals surface area contributed by atoms with Crippen LogP contribution in [0.3, 0.4) is 0 Å². The molecule has 0 atom stereocenters. The van der Waals surface area contributed by atoms with Gasteiger partial charge in [-0.2, -0.15) is 0 Å². The van der Waals surface area contributed by atoms with E-state index >= 15 is 0 Å². The van der Waals surface area contributed by atoms with E-state index in [1.165, 1.54) is 12.1 Å². The minimum Gasteiger partial charge on any atom is -0.325 e. The van der Waals surface area contributed by atoms with Gasteiger partial charge in [-0.1, -0.05) is 11.6 Å². The number of alkyl halides is 2. The second-order valence-corrected chi connectivity index (χ2v) is 6.65. The van der Waals surface area contributed by atoms with Gasteiger partial charge in [0.25, 0.3) is 5.92 Å². The molecule has 4 nitrogen and oxygen atoms in total. The number of rotatable bonds is 5. The first kappa shape index (κ1) is 17.0. The first-order chi connectivity index (χ1) is 7.27. The molecule has 17 heavy (non-hydrogen) atoms. The molecule has 1 rings (SSSR count). The maximum Gasteiger partial charge on any atom is 0.273 e. The molecule has 0 saturated heterocycles. The van der Waals surface area contributed by atoms with E-state index in [4.69, 9.17) is 17.3 Å². The van der Waals surface area contributed by atoms with Crippen LogP contribution in [0.2, 0.25) is 4.34 Å². The van der Waals surface area contributed by atoms with Crippen LogP contribution >= 0.6 is 35.3 Å². The van der Waals surface area contributed by atoms with Gasteiger partial charge in [0, 0.05) is 0 Å². The lowest BCUT2D eigenvalue weighted by Gasteiger charge is -2.13. The van der Waals surface area contributed by atoms with Gasteiger partial charge in [-0.3, -0.25) is 0 Å². The molecule has 1 aromatic heterocycles. The third-order valence-electron chi connectivity index (χ3n) is 1.63. The van der Waals surface area contributed by atoms with Gasteiger partial charge in [0.05, 0.1) is 17.4 Å². The van der Waals surface area contributed by atoms with Crippen LogP contribution < -0.4 is 10.5 Å². The van der Waals surface area contributed by atoms with Gasteiger partial charge < -0.3 is 5.73 Å². The molecule has 3 N–H and O–H groups in total. The Balaban J connectivity index is 0.00000256. The number of hydrogen-bond acceptors (Lipinski definition) is 4. The summed E-state index contributed by atoms with van der Waals surface area (Å²) >= 11 is 6.33. The van der Waals surface area contributed by atoms with E-state index in [2.05, 4.69) is 0 Å². The normalized spacial score (nSPS) is 12.2. The summed E-state index contributed by atoms with van der Waals surface area (Å²) in [4.78, 5) is 0. The monoisotopic (exact) mass is 326 g/mol. The van der Waals surface area contributed by atoms with Crippen molar-refractivity contribution in [3.63, 3.8) is 0 Å². The Bertz CT molecular complexity index is 464. The molecule has 1 aromatic rings. The summed E-state index contributed by atoms with van der Waals surface area (Å²) in [5, 5.41) is 0. The van der Waals surface area contributed by atoms with Crippen molar-refractivity contribution in [3.8, 4) is 0 Å². The average molecular weight is 327 g/mol. The van der Waals surface area contributed by atoms with E-state index < -0.39 is 29.0 Å². The second kappa shape index (κ2) is 6.26. The molecule has 0 spiro atoms. The average Bonchev–Trinajstić information content (AvgIpc) is 2.63. The molecule has 0 aromatic carbocycles. The molecule has 1 heterocycles. The summed E-state index contributed by atoms with van der Waals surface area (Å²) in [6.07, 6.45) is 0. The van der Waals surface area contributed by atoms with E-state index in [1.807, 2.05) is 0 Å². The maximum atomic E-state index is 12.7. The van der Waals surface area contributed by atoms with Gasteiger partial charge in [0.1, 0.15) is 4.21 Å². The third-order valence-corrected chi connectivity index (χ3v) is 4.76. The zero-order valence-corrected chi connectivity index (χ0v) is 11.5. The summed E-state index contributed by atoms with van der Waals surface area (Å²) < 4.78 is 50.3. The smallest absolute Gasteiger partial charge is 0.273 e. The van der Waals surface area contributed by atoms with Gasteiger partial charge in [-0.15, -0.1) is 23.7 Å². The molecule has 0 aliphatic carbocycles. The predicted octanol–water partition coefficient (Wildman–Crippen LogP) is 1.70. The van der Waals surface area contributed by atoms with Gasteiger partial charge in [0.2, 0.25) is 10.0 Å². The van der Waals surface area contributed by atoms with Gasteiger partial charge in [-0.25, -0.2) is 21.9 Å². The fraction of sp³-hybridized carbons (Fsp3) is 0.429. The highest BCUT2D eigenvalue weighted by Crippen LogP contribution is 2.25. The van der Waals surface area contributed by atoms with Crippen molar-refractivity contribution in [1.82, 2.24) is 4.72 Å². The first-order valence-corrected chi connectivity index (χ1v) is 6.77. The minimum absolute atomic E-state index is 0. The number of halogens is 4. The Morgan fingerprint density at radius 1 is 1.47 bits per heavy atom. The maximum absolute atomic E-state index is 12.7. The Labute approximate surface area is 113 Å². The van der Waals surface area contributed by atoms with Crippen LogP contribution in [0.4, 0.5) is 8.78 Å². The molecule has 0 unspecified atom stereocenters. The summed E-state index contributed by atoms with van der Waals surface area (Å²) in [6, 6.07) is 2.62. The van der Waals surface area contributed by atoms with Crippen LogP contribution in [-0.4, -0.2) is 27.4 Å². The van der Waals surface area contributed by atoms with Crippen LogP contribution in [-0.2, 0) is 10.0 Å². The Morgan fingerprint density at radius 3 is 2.47 bits per heavy atom. The lowest BCUT2D eigenvalue weighted by molar-refractivity contribution is 0.0170. The summed E-state index contributed by atoms with van der Waals surface area (Å²) in [7, 11) is -3.93. The van der Waals surface area contributed by atoms with Crippen molar-refractivity contribution in [2.45, 2.75) is 10.1 Å². The topological polar surface area (TPSA) is 72.2 Å². The molecular weight excluding hydrogens is 317 g/mol. The van der Waals surface area contributed by atoms with E-state index in [0.29, 0.717) is 0 Å². The molecule has 0 radical (unpaired) electrons. The fourth-order valence-corrected chi connectivity index (χ4v) is 3.38. The minimum atomic E-state index is -3.93. The van der Waals surface area contributed by atoms with Crippen molar-refractivity contribution in [2.24, 2.45) is 5.73 Å². The van der Waals surface area contributed by atoms with Crippen molar-refractivity contribution >= 4 is 45.4 Å². The lowest BCUT2D eigenvalue weighted by atomic mass is 10.3. The van der Waals surface area contributed by atoms with Crippen LogP contribution in [0.1, 0.15) is 0 Å². The molecule has 10 heteroatoms. The van der Waals surface area contributed by atoms with E-state index in [-0.39, 0.29) is 21.0 Å². The van der Waals surface area contributed by atoms with Gasteiger partial charge in [0.15, 0.2) is 0 Å². The number of nitrogens with two attached hydrogens (primary N) is 1. The predicted molar refractivity (Wildman–Crippen MR) is 65.8 cm³/mol.